The zero-order valence-electron chi connectivity index (χ0n) is 14.2. The molecule has 0 saturated heterocycles. The van der Waals surface area contributed by atoms with Gasteiger partial charge >= 0.3 is 0 Å². The van der Waals surface area contributed by atoms with Gasteiger partial charge in [-0.3, -0.25) is 9.71 Å². The lowest BCUT2D eigenvalue weighted by molar-refractivity contribution is 0.603. The largest absolute Gasteiger partial charge is 0.284 e. The van der Waals surface area contributed by atoms with Crippen LogP contribution < -0.4 is 4.72 Å². The Labute approximate surface area is 179 Å². The molecule has 0 spiro atoms. The van der Waals surface area contributed by atoms with Gasteiger partial charge in [0.05, 0.1) is 5.71 Å². The van der Waals surface area contributed by atoms with Crippen LogP contribution in [0.2, 0.25) is 4.34 Å². The van der Waals surface area contributed by atoms with E-state index in [1.165, 1.54) is 18.2 Å². The van der Waals surface area contributed by atoms with Gasteiger partial charge in [-0.05, 0) is 64.3 Å². The van der Waals surface area contributed by atoms with E-state index in [1.807, 2.05) is 6.07 Å². The smallest absolute Gasteiger partial charge is 0.271 e. The van der Waals surface area contributed by atoms with E-state index in [0.717, 1.165) is 33.7 Å². The highest BCUT2D eigenvalue weighted by molar-refractivity contribution is 9.10. The van der Waals surface area contributed by atoms with Gasteiger partial charge in [0, 0.05) is 27.8 Å². The fourth-order valence-electron chi connectivity index (χ4n) is 3.01. The highest BCUT2D eigenvalue weighted by Gasteiger charge is 2.21. The molecule has 144 valence electrons. The second kappa shape index (κ2) is 7.59. The normalized spacial score (nSPS) is 13.8. The van der Waals surface area contributed by atoms with Crippen molar-refractivity contribution < 1.29 is 12.8 Å². The number of benzene rings is 2. The number of sulfonamides is 1. The summed E-state index contributed by atoms with van der Waals surface area (Å²) in [6.07, 6.45) is 0.678. The van der Waals surface area contributed by atoms with Crippen molar-refractivity contribution >= 4 is 60.3 Å². The quantitative estimate of drug-likeness (QED) is 0.515. The van der Waals surface area contributed by atoms with Crippen LogP contribution in [0, 0.1) is 5.82 Å². The molecule has 0 radical (unpaired) electrons. The average molecular weight is 500 g/mol. The van der Waals surface area contributed by atoms with E-state index in [-0.39, 0.29) is 10.0 Å². The number of halogens is 3. The van der Waals surface area contributed by atoms with E-state index in [4.69, 9.17) is 11.6 Å². The predicted octanol–water partition coefficient (Wildman–Crippen LogP) is 5.50. The van der Waals surface area contributed by atoms with E-state index in [2.05, 4.69) is 25.6 Å². The molecule has 9 heteroatoms. The van der Waals surface area contributed by atoms with Crippen molar-refractivity contribution in [3.63, 3.8) is 0 Å². The summed E-state index contributed by atoms with van der Waals surface area (Å²) in [4.78, 5) is 4.58. The maximum Gasteiger partial charge on any atom is 0.271 e. The molecule has 1 N–H and O–H groups in total. The summed E-state index contributed by atoms with van der Waals surface area (Å²) in [5.74, 6) is -0.276. The molecule has 0 fully saturated rings. The minimum Gasteiger partial charge on any atom is -0.284 e. The lowest BCUT2D eigenvalue weighted by Crippen LogP contribution is -2.15. The second-order valence-corrected chi connectivity index (χ2v) is 10.6. The molecule has 2 heterocycles. The fourth-order valence-corrected chi connectivity index (χ4v) is 6.37. The number of rotatable bonds is 4. The summed E-state index contributed by atoms with van der Waals surface area (Å²) in [5.41, 5.74) is 3.66. The maximum atomic E-state index is 13.5. The molecular weight excluding hydrogens is 487 g/mol. The molecule has 0 atom stereocenters. The van der Waals surface area contributed by atoms with Crippen molar-refractivity contribution in [3.8, 4) is 0 Å². The minimum atomic E-state index is -3.76. The molecule has 28 heavy (non-hydrogen) atoms. The number of fused-ring (bicyclic) bond motifs is 1. The van der Waals surface area contributed by atoms with Gasteiger partial charge in [0.15, 0.2) is 0 Å². The molecule has 0 aliphatic carbocycles. The lowest BCUT2D eigenvalue weighted by Gasteiger charge is -2.18. The number of anilines is 1. The summed E-state index contributed by atoms with van der Waals surface area (Å²) in [6.45, 7) is 0.559. The molecule has 2 aromatic carbocycles. The number of nitrogens with zero attached hydrogens (tertiary/aromatic N) is 1. The summed E-state index contributed by atoms with van der Waals surface area (Å²) in [6, 6.07) is 13.1. The Hall–Kier alpha value is -1.74. The van der Waals surface area contributed by atoms with Crippen molar-refractivity contribution in [3.05, 3.63) is 79.8 Å². The van der Waals surface area contributed by atoms with Gasteiger partial charge in [-0.15, -0.1) is 11.3 Å². The van der Waals surface area contributed by atoms with Crippen molar-refractivity contribution in [2.45, 2.75) is 10.6 Å². The van der Waals surface area contributed by atoms with Crippen LogP contribution in [0.4, 0.5) is 10.1 Å². The minimum absolute atomic E-state index is 0.116. The van der Waals surface area contributed by atoms with Gasteiger partial charge in [-0.25, -0.2) is 12.8 Å². The van der Waals surface area contributed by atoms with Crippen LogP contribution in [0.5, 0.6) is 0 Å². The molecule has 1 aliphatic rings. The van der Waals surface area contributed by atoms with Gasteiger partial charge in [0.1, 0.15) is 14.4 Å². The van der Waals surface area contributed by atoms with Crippen molar-refractivity contribution in [1.29, 1.82) is 0 Å². The first-order chi connectivity index (χ1) is 13.3. The molecule has 1 aliphatic heterocycles. The Bertz CT molecular complexity index is 1190. The molecule has 4 rings (SSSR count). The summed E-state index contributed by atoms with van der Waals surface area (Å²) in [7, 11) is -3.76. The topological polar surface area (TPSA) is 58.5 Å². The third-order valence-electron chi connectivity index (χ3n) is 4.25. The first kappa shape index (κ1) is 19.6. The van der Waals surface area contributed by atoms with E-state index in [1.54, 1.807) is 24.3 Å². The molecule has 1 aromatic heterocycles. The van der Waals surface area contributed by atoms with Crippen molar-refractivity contribution in [2.75, 3.05) is 11.3 Å². The SMILES string of the molecule is O=S(=O)(Nc1cccc(C2=NCCc3cc(F)ccc32)c1)c1cc(Br)c(Cl)s1. The molecule has 0 bridgehead atoms. The van der Waals surface area contributed by atoms with Crippen LogP contribution in [-0.2, 0) is 16.4 Å². The second-order valence-electron chi connectivity index (χ2n) is 6.16. The average Bonchev–Trinajstić information content (AvgIpc) is 3.00. The molecule has 4 nitrogen and oxygen atoms in total. The maximum absolute atomic E-state index is 13.5. The predicted molar refractivity (Wildman–Crippen MR) is 115 cm³/mol. The van der Waals surface area contributed by atoms with Crippen LogP contribution in [-0.4, -0.2) is 20.7 Å². The van der Waals surface area contributed by atoms with Gasteiger partial charge in [0.2, 0.25) is 0 Å². The monoisotopic (exact) mass is 498 g/mol. The Morgan fingerprint density at radius 2 is 2.00 bits per heavy atom. The zero-order valence-corrected chi connectivity index (χ0v) is 18.2. The van der Waals surface area contributed by atoms with Crippen LogP contribution in [0.15, 0.2) is 62.2 Å². The molecular formula is C19H13BrClFN2O2S2. The molecule has 0 unspecified atom stereocenters. The van der Waals surface area contributed by atoms with Crippen LogP contribution >= 0.6 is 38.9 Å². The number of hydrogen-bond donors (Lipinski definition) is 1. The Kier molecular flexibility index (Phi) is 5.30. The molecule has 3 aromatic rings. The number of hydrogen-bond acceptors (Lipinski definition) is 4. The summed E-state index contributed by atoms with van der Waals surface area (Å²) < 4.78 is 42.4. The van der Waals surface area contributed by atoms with Gasteiger partial charge < -0.3 is 0 Å². The van der Waals surface area contributed by atoms with Gasteiger partial charge in [-0.2, -0.15) is 0 Å². The standard InChI is InChI=1S/C19H13BrClFN2O2S2/c20-16-10-17(27-19(16)21)28(25,26)24-14-3-1-2-12(9-14)18-15-5-4-13(22)8-11(15)6-7-23-18/h1-5,8-10,24H,6-7H2. The van der Waals surface area contributed by atoms with E-state index < -0.39 is 10.0 Å². The fraction of sp³-hybridized carbons (Fsp3) is 0.105. The first-order valence-electron chi connectivity index (χ1n) is 8.25. The van der Waals surface area contributed by atoms with Crippen LogP contribution in [0.3, 0.4) is 0 Å². The number of aliphatic imine (C=N–C) groups is 1. The van der Waals surface area contributed by atoms with Crippen molar-refractivity contribution in [1.82, 2.24) is 0 Å². The first-order valence-corrected chi connectivity index (χ1v) is 11.7. The third-order valence-corrected chi connectivity index (χ3v) is 8.58. The van der Waals surface area contributed by atoms with E-state index >= 15 is 0 Å². The number of thiophene rings is 1. The molecule has 0 amide bonds. The van der Waals surface area contributed by atoms with Crippen molar-refractivity contribution in [2.24, 2.45) is 4.99 Å². The lowest BCUT2D eigenvalue weighted by atomic mass is 9.93. The van der Waals surface area contributed by atoms with Gasteiger partial charge in [-0.1, -0.05) is 23.7 Å². The van der Waals surface area contributed by atoms with Crippen LogP contribution in [0.25, 0.3) is 0 Å². The highest BCUT2D eigenvalue weighted by atomic mass is 79.9. The van der Waals surface area contributed by atoms with Gasteiger partial charge in [0.25, 0.3) is 10.0 Å². The Balaban J connectivity index is 1.67. The van der Waals surface area contributed by atoms with Crippen LogP contribution in [0.1, 0.15) is 16.7 Å². The summed E-state index contributed by atoms with van der Waals surface area (Å²) >= 11 is 10.2. The highest BCUT2D eigenvalue weighted by Crippen LogP contribution is 2.35. The summed E-state index contributed by atoms with van der Waals surface area (Å²) in [5, 5.41) is 0. The van der Waals surface area contributed by atoms with E-state index in [0.29, 0.717) is 27.5 Å². The Morgan fingerprint density at radius 3 is 2.75 bits per heavy atom. The zero-order chi connectivity index (χ0) is 19.9. The molecule has 0 saturated carbocycles. The van der Waals surface area contributed by atoms with E-state index in [9.17, 15) is 12.8 Å². The Morgan fingerprint density at radius 1 is 1.18 bits per heavy atom. The number of nitrogens with one attached hydrogen (secondary N) is 1. The third kappa shape index (κ3) is 3.87.